The van der Waals surface area contributed by atoms with Crippen molar-refractivity contribution in [2.75, 3.05) is 29.5 Å². The molecule has 0 saturated carbocycles. The fourth-order valence-electron chi connectivity index (χ4n) is 1.13. The molecule has 0 atom stereocenters. The largest absolute Gasteiger partial charge is 0.411 e. The Kier molecular flexibility index (Phi) is 2.07. The Labute approximate surface area is 72.2 Å². The van der Waals surface area contributed by atoms with Crippen molar-refractivity contribution in [2.45, 2.75) is 0 Å². The van der Waals surface area contributed by atoms with Crippen molar-refractivity contribution in [2.24, 2.45) is 0 Å². The molecule has 66 valence electrons. The molecule has 2 rings (SSSR count). The van der Waals surface area contributed by atoms with Crippen LogP contribution in [0.2, 0.25) is 0 Å². The van der Waals surface area contributed by atoms with Gasteiger partial charge in [0.05, 0.1) is 0 Å². The van der Waals surface area contributed by atoms with Crippen molar-refractivity contribution >= 4 is 16.8 Å². The lowest BCUT2D eigenvalue weighted by Crippen LogP contribution is -2.37. The summed E-state index contributed by atoms with van der Waals surface area (Å²) >= 11 is 0. The van der Waals surface area contributed by atoms with E-state index in [0.29, 0.717) is 17.5 Å². The van der Waals surface area contributed by atoms with Crippen LogP contribution in [-0.2, 0) is 10.8 Å². The number of hydrogen-bond acceptors (Lipinski definition) is 5. The molecule has 2 heterocycles. The SMILES string of the molecule is O=S1CCN(c2nnco2)CC1. The van der Waals surface area contributed by atoms with Crippen molar-refractivity contribution in [3.8, 4) is 0 Å². The zero-order chi connectivity index (χ0) is 8.39. The average Bonchev–Trinajstić information content (AvgIpc) is 2.58. The molecular weight excluding hydrogens is 178 g/mol. The molecule has 0 radical (unpaired) electrons. The zero-order valence-electron chi connectivity index (χ0n) is 6.47. The summed E-state index contributed by atoms with van der Waals surface area (Å²) in [6.45, 7) is 1.49. The molecule has 12 heavy (non-hydrogen) atoms. The summed E-state index contributed by atoms with van der Waals surface area (Å²) in [4.78, 5) is 1.95. The minimum Gasteiger partial charge on any atom is -0.411 e. The second-order valence-corrected chi connectivity index (χ2v) is 4.25. The Hall–Kier alpha value is -0.910. The molecule has 1 aliphatic rings. The number of hydrogen-bond donors (Lipinski definition) is 0. The lowest BCUT2D eigenvalue weighted by molar-refractivity contribution is 0.534. The van der Waals surface area contributed by atoms with Crippen LogP contribution in [-0.4, -0.2) is 39.0 Å². The number of aromatic nitrogens is 2. The molecule has 0 aliphatic carbocycles. The van der Waals surface area contributed by atoms with Crippen LogP contribution in [0.3, 0.4) is 0 Å². The second-order valence-electron chi connectivity index (χ2n) is 2.56. The van der Waals surface area contributed by atoms with E-state index in [4.69, 9.17) is 4.42 Å². The smallest absolute Gasteiger partial charge is 0.317 e. The first kappa shape index (κ1) is 7.72. The van der Waals surface area contributed by atoms with E-state index in [1.54, 1.807) is 0 Å². The lowest BCUT2D eigenvalue weighted by atomic mass is 10.5. The molecule has 0 N–H and O–H groups in total. The summed E-state index contributed by atoms with van der Waals surface area (Å²) in [6.07, 6.45) is 1.31. The highest BCUT2D eigenvalue weighted by Crippen LogP contribution is 2.10. The van der Waals surface area contributed by atoms with Crippen LogP contribution in [0.5, 0.6) is 0 Å². The van der Waals surface area contributed by atoms with Crippen LogP contribution >= 0.6 is 0 Å². The number of rotatable bonds is 1. The summed E-state index contributed by atoms with van der Waals surface area (Å²) in [6, 6.07) is 0.534. The normalized spacial score (nSPS) is 19.8. The van der Waals surface area contributed by atoms with Gasteiger partial charge in [-0.05, 0) is 0 Å². The molecule has 1 saturated heterocycles. The maximum atomic E-state index is 11.0. The minimum absolute atomic E-state index is 0.534. The molecular formula is C6H9N3O2S. The summed E-state index contributed by atoms with van der Waals surface area (Å²) in [5.41, 5.74) is 0. The summed E-state index contributed by atoms with van der Waals surface area (Å²) < 4.78 is 16.0. The van der Waals surface area contributed by atoms with E-state index in [9.17, 15) is 4.21 Å². The average molecular weight is 187 g/mol. The van der Waals surface area contributed by atoms with E-state index in [0.717, 1.165) is 13.1 Å². The Morgan fingerprint density at radius 3 is 2.83 bits per heavy atom. The fourth-order valence-corrected chi connectivity index (χ4v) is 2.19. The lowest BCUT2D eigenvalue weighted by Gasteiger charge is -2.23. The molecule has 0 unspecified atom stereocenters. The molecule has 5 nitrogen and oxygen atoms in total. The maximum Gasteiger partial charge on any atom is 0.317 e. The molecule has 0 amide bonds. The molecule has 1 aromatic rings. The van der Waals surface area contributed by atoms with Gasteiger partial charge in [0.1, 0.15) is 0 Å². The molecule has 0 aromatic carbocycles. The highest BCUT2D eigenvalue weighted by molar-refractivity contribution is 7.85. The summed E-state index contributed by atoms with van der Waals surface area (Å²) in [5.74, 6) is 1.39. The summed E-state index contributed by atoms with van der Waals surface area (Å²) in [5, 5.41) is 7.36. The quantitative estimate of drug-likeness (QED) is 0.600. The predicted octanol–water partition coefficient (Wildman–Crippen LogP) is -0.362. The van der Waals surface area contributed by atoms with Crippen LogP contribution in [0.1, 0.15) is 0 Å². The zero-order valence-corrected chi connectivity index (χ0v) is 7.29. The van der Waals surface area contributed by atoms with E-state index in [-0.39, 0.29) is 0 Å². The van der Waals surface area contributed by atoms with E-state index in [2.05, 4.69) is 10.2 Å². The van der Waals surface area contributed by atoms with E-state index in [1.165, 1.54) is 6.39 Å². The Morgan fingerprint density at radius 2 is 2.25 bits per heavy atom. The van der Waals surface area contributed by atoms with Gasteiger partial charge in [0.15, 0.2) is 0 Å². The molecule has 0 bridgehead atoms. The van der Waals surface area contributed by atoms with Gasteiger partial charge in [-0.3, -0.25) is 4.21 Å². The Balaban J connectivity index is 2.03. The first-order valence-electron chi connectivity index (χ1n) is 3.72. The standard InChI is InChI=1S/C6H9N3O2S/c10-12-3-1-9(2-4-12)6-8-7-5-11-6/h5H,1-4H2. The minimum atomic E-state index is -0.654. The van der Waals surface area contributed by atoms with Gasteiger partial charge in [-0.1, -0.05) is 5.10 Å². The summed E-state index contributed by atoms with van der Waals surface area (Å²) in [7, 11) is -0.654. The van der Waals surface area contributed by atoms with Crippen LogP contribution in [0.4, 0.5) is 6.01 Å². The molecule has 1 fully saturated rings. The van der Waals surface area contributed by atoms with Crippen molar-refractivity contribution < 1.29 is 8.63 Å². The van der Waals surface area contributed by atoms with Crippen molar-refractivity contribution in [1.29, 1.82) is 0 Å². The van der Waals surface area contributed by atoms with E-state index >= 15 is 0 Å². The highest BCUT2D eigenvalue weighted by Gasteiger charge is 2.18. The van der Waals surface area contributed by atoms with Gasteiger partial charge in [-0.2, -0.15) is 0 Å². The van der Waals surface area contributed by atoms with Gasteiger partial charge >= 0.3 is 6.01 Å². The highest BCUT2D eigenvalue weighted by atomic mass is 32.2. The fraction of sp³-hybridized carbons (Fsp3) is 0.667. The van der Waals surface area contributed by atoms with Crippen LogP contribution in [0.15, 0.2) is 10.8 Å². The molecule has 1 aromatic heterocycles. The monoisotopic (exact) mass is 187 g/mol. The molecule has 1 aliphatic heterocycles. The molecule has 0 spiro atoms. The van der Waals surface area contributed by atoms with Gasteiger partial charge in [-0.25, -0.2) is 0 Å². The topological polar surface area (TPSA) is 59.2 Å². The third kappa shape index (κ3) is 1.47. The number of nitrogens with zero attached hydrogens (tertiary/aromatic N) is 3. The third-order valence-electron chi connectivity index (χ3n) is 1.80. The first-order valence-corrected chi connectivity index (χ1v) is 5.21. The predicted molar refractivity (Wildman–Crippen MR) is 44.4 cm³/mol. The number of anilines is 1. The van der Waals surface area contributed by atoms with Gasteiger partial charge in [-0.15, -0.1) is 5.10 Å². The van der Waals surface area contributed by atoms with Crippen molar-refractivity contribution in [3.63, 3.8) is 0 Å². The van der Waals surface area contributed by atoms with Crippen LogP contribution in [0, 0.1) is 0 Å². The van der Waals surface area contributed by atoms with Gasteiger partial charge in [0.2, 0.25) is 6.39 Å². The second kappa shape index (κ2) is 3.22. The third-order valence-corrected chi connectivity index (χ3v) is 3.07. The van der Waals surface area contributed by atoms with Gasteiger partial charge < -0.3 is 9.32 Å². The first-order chi connectivity index (χ1) is 5.86. The van der Waals surface area contributed by atoms with E-state index < -0.39 is 10.8 Å². The van der Waals surface area contributed by atoms with Gasteiger partial charge in [0.25, 0.3) is 0 Å². The maximum absolute atomic E-state index is 11.0. The van der Waals surface area contributed by atoms with Crippen LogP contribution < -0.4 is 4.90 Å². The molecule has 6 heteroatoms. The Morgan fingerprint density at radius 1 is 1.50 bits per heavy atom. The Bertz CT molecular complexity index is 264. The van der Waals surface area contributed by atoms with Gasteiger partial charge in [0, 0.05) is 35.4 Å². The van der Waals surface area contributed by atoms with E-state index in [1.807, 2.05) is 4.90 Å². The van der Waals surface area contributed by atoms with Crippen molar-refractivity contribution in [3.05, 3.63) is 6.39 Å². The van der Waals surface area contributed by atoms with Crippen LogP contribution in [0.25, 0.3) is 0 Å². The van der Waals surface area contributed by atoms with Crippen molar-refractivity contribution in [1.82, 2.24) is 10.2 Å².